The lowest BCUT2D eigenvalue weighted by Crippen LogP contribution is -2.14. The van der Waals surface area contributed by atoms with E-state index in [2.05, 4.69) is 10.6 Å². The summed E-state index contributed by atoms with van der Waals surface area (Å²) < 4.78 is 10.2. The van der Waals surface area contributed by atoms with E-state index >= 15 is 0 Å². The summed E-state index contributed by atoms with van der Waals surface area (Å²) in [5.74, 6) is -0.199. The third-order valence-corrected chi connectivity index (χ3v) is 4.13. The molecule has 2 aromatic carbocycles. The third-order valence-electron chi connectivity index (χ3n) is 4.13. The number of nitro benzene ring substituents is 1. The second-order valence-electron chi connectivity index (χ2n) is 6.16. The Balaban J connectivity index is 2.17. The Kier molecular flexibility index (Phi) is 7.53. The number of methoxy groups -OCH3 is 2. The second kappa shape index (κ2) is 10.1. The highest BCUT2D eigenvalue weighted by Gasteiger charge is 2.18. The maximum Gasteiger partial charge on any atom is 0.311 e. The van der Waals surface area contributed by atoms with Crippen LogP contribution in [0.4, 0.5) is 17.1 Å². The number of benzene rings is 2. The SMILES string of the molecule is CCCCC(=O)Nc1ccc(NC(=O)c2ccc(OC)c([N+](=O)[O-])c2)cc1OC. The number of hydrogen-bond acceptors (Lipinski definition) is 6. The lowest BCUT2D eigenvalue weighted by Gasteiger charge is -2.13. The first-order valence-electron chi connectivity index (χ1n) is 9.01. The highest BCUT2D eigenvalue weighted by atomic mass is 16.6. The molecule has 0 radical (unpaired) electrons. The minimum atomic E-state index is -0.616. The van der Waals surface area contributed by atoms with E-state index in [1.807, 2.05) is 6.92 Å². The molecule has 154 valence electrons. The molecule has 0 heterocycles. The van der Waals surface area contributed by atoms with Gasteiger partial charge in [-0.05, 0) is 30.7 Å². The minimum Gasteiger partial charge on any atom is -0.494 e. The number of carbonyl (C=O) groups is 2. The van der Waals surface area contributed by atoms with E-state index in [0.29, 0.717) is 23.5 Å². The number of nitro groups is 1. The lowest BCUT2D eigenvalue weighted by molar-refractivity contribution is -0.385. The zero-order valence-electron chi connectivity index (χ0n) is 16.5. The van der Waals surface area contributed by atoms with Crippen LogP contribution in [0.15, 0.2) is 36.4 Å². The molecule has 0 aromatic heterocycles. The molecule has 0 aliphatic rings. The number of ether oxygens (including phenoxy) is 2. The zero-order valence-corrected chi connectivity index (χ0v) is 16.5. The minimum absolute atomic E-state index is 0.0661. The fourth-order valence-electron chi connectivity index (χ4n) is 2.60. The molecule has 2 amide bonds. The van der Waals surface area contributed by atoms with Gasteiger partial charge in [0.1, 0.15) is 5.75 Å². The summed E-state index contributed by atoms with van der Waals surface area (Å²) in [4.78, 5) is 34.9. The van der Waals surface area contributed by atoms with Gasteiger partial charge in [0.05, 0.1) is 24.8 Å². The van der Waals surface area contributed by atoms with Crippen molar-refractivity contribution in [3.8, 4) is 11.5 Å². The summed E-state index contributed by atoms with van der Waals surface area (Å²) in [5.41, 5.74) is 0.708. The van der Waals surface area contributed by atoms with Crippen LogP contribution >= 0.6 is 0 Å². The summed E-state index contributed by atoms with van der Waals surface area (Å²) in [5, 5.41) is 16.6. The van der Waals surface area contributed by atoms with E-state index < -0.39 is 10.8 Å². The van der Waals surface area contributed by atoms with Gasteiger partial charge in [-0.25, -0.2) is 0 Å². The van der Waals surface area contributed by atoms with Gasteiger partial charge in [-0.15, -0.1) is 0 Å². The van der Waals surface area contributed by atoms with Gasteiger partial charge in [-0.1, -0.05) is 13.3 Å². The van der Waals surface area contributed by atoms with Crippen LogP contribution in [0.3, 0.4) is 0 Å². The van der Waals surface area contributed by atoms with E-state index in [-0.39, 0.29) is 22.9 Å². The van der Waals surface area contributed by atoms with Crippen LogP contribution < -0.4 is 20.1 Å². The van der Waals surface area contributed by atoms with Crippen molar-refractivity contribution in [1.29, 1.82) is 0 Å². The van der Waals surface area contributed by atoms with Gasteiger partial charge in [0.25, 0.3) is 5.91 Å². The monoisotopic (exact) mass is 401 g/mol. The molecule has 0 spiro atoms. The fourth-order valence-corrected chi connectivity index (χ4v) is 2.60. The smallest absolute Gasteiger partial charge is 0.311 e. The standard InChI is InChI=1S/C20H23N3O6/c1-4-5-6-19(24)22-15-9-8-14(12-18(15)29-3)21-20(25)13-7-10-17(28-2)16(11-13)23(26)27/h7-12H,4-6H2,1-3H3,(H,21,25)(H,22,24). The fraction of sp³-hybridized carbons (Fsp3) is 0.300. The van der Waals surface area contributed by atoms with Crippen LogP contribution in [0.2, 0.25) is 0 Å². The van der Waals surface area contributed by atoms with Crippen molar-refractivity contribution in [2.24, 2.45) is 0 Å². The molecule has 0 aliphatic heterocycles. The summed E-state index contributed by atoms with van der Waals surface area (Å²) in [6, 6.07) is 8.73. The number of rotatable bonds is 9. The normalized spacial score (nSPS) is 10.2. The molecule has 0 fully saturated rings. The maximum absolute atomic E-state index is 12.5. The number of nitrogens with zero attached hydrogens (tertiary/aromatic N) is 1. The first-order chi connectivity index (χ1) is 13.9. The van der Waals surface area contributed by atoms with Crippen LogP contribution in [0.25, 0.3) is 0 Å². The molecular formula is C20H23N3O6. The molecule has 0 bridgehead atoms. The van der Waals surface area contributed by atoms with Crippen LogP contribution in [0.1, 0.15) is 36.5 Å². The average molecular weight is 401 g/mol. The van der Waals surface area contributed by atoms with Crippen molar-refractivity contribution in [3.05, 3.63) is 52.1 Å². The summed E-state index contributed by atoms with van der Waals surface area (Å²) in [6.45, 7) is 2.00. The van der Waals surface area contributed by atoms with Gasteiger partial charge in [0, 0.05) is 29.8 Å². The highest BCUT2D eigenvalue weighted by Crippen LogP contribution is 2.30. The van der Waals surface area contributed by atoms with E-state index in [9.17, 15) is 19.7 Å². The summed E-state index contributed by atoms with van der Waals surface area (Å²) >= 11 is 0. The number of hydrogen-bond donors (Lipinski definition) is 2. The number of amides is 2. The van der Waals surface area contributed by atoms with E-state index in [1.54, 1.807) is 18.2 Å². The molecule has 2 rings (SSSR count). The first-order valence-corrected chi connectivity index (χ1v) is 9.01. The van der Waals surface area contributed by atoms with Crippen LogP contribution in [0, 0.1) is 10.1 Å². The molecule has 0 saturated carbocycles. The van der Waals surface area contributed by atoms with Gasteiger partial charge in [-0.2, -0.15) is 0 Å². The highest BCUT2D eigenvalue weighted by molar-refractivity contribution is 6.05. The van der Waals surface area contributed by atoms with Gasteiger partial charge >= 0.3 is 5.69 Å². The Hall–Kier alpha value is -3.62. The van der Waals surface area contributed by atoms with Gasteiger partial charge in [-0.3, -0.25) is 19.7 Å². The zero-order chi connectivity index (χ0) is 21.4. The van der Waals surface area contributed by atoms with Crippen molar-refractivity contribution in [2.75, 3.05) is 24.9 Å². The molecule has 9 nitrogen and oxygen atoms in total. The molecule has 0 aliphatic carbocycles. The number of nitrogens with one attached hydrogen (secondary N) is 2. The molecule has 2 N–H and O–H groups in total. The van der Waals surface area contributed by atoms with Crippen molar-refractivity contribution >= 4 is 28.9 Å². The summed E-state index contributed by atoms with van der Waals surface area (Å²) in [7, 11) is 2.77. The Morgan fingerprint density at radius 1 is 1.03 bits per heavy atom. The second-order valence-corrected chi connectivity index (χ2v) is 6.16. The first kappa shape index (κ1) is 21.7. The largest absolute Gasteiger partial charge is 0.494 e. The van der Waals surface area contributed by atoms with E-state index in [4.69, 9.17) is 9.47 Å². The third kappa shape index (κ3) is 5.68. The number of anilines is 2. The number of unbranched alkanes of at least 4 members (excludes halogenated alkanes) is 1. The Morgan fingerprint density at radius 3 is 2.38 bits per heavy atom. The maximum atomic E-state index is 12.5. The average Bonchev–Trinajstić information content (AvgIpc) is 2.72. The Morgan fingerprint density at radius 2 is 1.76 bits per heavy atom. The molecule has 2 aromatic rings. The molecular weight excluding hydrogens is 378 g/mol. The predicted octanol–water partition coefficient (Wildman–Crippen LogP) is 3.99. The van der Waals surface area contributed by atoms with Gasteiger partial charge < -0.3 is 20.1 Å². The Bertz CT molecular complexity index is 913. The molecule has 0 unspecified atom stereocenters. The van der Waals surface area contributed by atoms with Crippen LogP contribution in [-0.2, 0) is 4.79 Å². The van der Waals surface area contributed by atoms with Crippen molar-refractivity contribution < 1.29 is 24.0 Å². The quantitative estimate of drug-likeness (QED) is 0.484. The van der Waals surface area contributed by atoms with E-state index in [1.165, 1.54) is 26.4 Å². The van der Waals surface area contributed by atoms with E-state index in [0.717, 1.165) is 18.9 Å². The van der Waals surface area contributed by atoms with Crippen LogP contribution in [-0.4, -0.2) is 31.0 Å². The molecule has 9 heteroatoms. The molecule has 0 saturated heterocycles. The molecule has 29 heavy (non-hydrogen) atoms. The predicted molar refractivity (Wildman–Crippen MR) is 109 cm³/mol. The van der Waals surface area contributed by atoms with Crippen molar-refractivity contribution in [1.82, 2.24) is 0 Å². The summed E-state index contributed by atoms with van der Waals surface area (Å²) in [6.07, 6.45) is 2.11. The topological polar surface area (TPSA) is 120 Å². The molecule has 0 atom stereocenters. The van der Waals surface area contributed by atoms with Crippen molar-refractivity contribution in [3.63, 3.8) is 0 Å². The lowest BCUT2D eigenvalue weighted by atomic mass is 10.1. The van der Waals surface area contributed by atoms with Gasteiger partial charge in [0.15, 0.2) is 5.75 Å². The van der Waals surface area contributed by atoms with Crippen molar-refractivity contribution in [2.45, 2.75) is 26.2 Å². The Labute approximate surface area is 168 Å². The van der Waals surface area contributed by atoms with Crippen LogP contribution in [0.5, 0.6) is 11.5 Å². The number of carbonyl (C=O) groups excluding carboxylic acids is 2. The van der Waals surface area contributed by atoms with Gasteiger partial charge in [0.2, 0.25) is 5.91 Å².